The zero-order valence-electron chi connectivity index (χ0n) is 14.4. The van der Waals surface area contributed by atoms with E-state index in [0.29, 0.717) is 19.8 Å². The molecule has 0 saturated carbocycles. The van der Waals surface area contributed by atoms with E-state index < -0.39 is 0 Å². The van der Waals surface area contributed by atoms with E-state index in [1.165, 1.54) is 0 Å². The summed E-state index contributed by atoms with van der Waals surface area (Å²) in [5, 5.41) is 5.59. The van der Waals surface area contributed by atoms with E-state index in [-0.39, 0.29) is 18.2 Å². The van der Waals surface area contributed by atoms with Crippen LogP contribution >= 0.6 is 0 Å². The summed E-state index contributed by atoms with van der Waals surface area (Å²) in [5.41, 5.74) is 1.69. The lowest BCUT2D eigenvalue weighted by molar-refractivity contribution is -0.126. The van der Waals surface area contributed by atoms with Crippen molar-refractivity contribution in [3.8, 4) is 0 Å². The predicted molar refractivity (Wildman–Crippen MR) is 94.3 cm³/mol. The van der Waals surface area contributed by atoms with Gasteiger partial charge in [-0.1, -0.05) is 12.1 Å². The maximum absolute atomic E-state index is 12.1. The van der Waals surface area contributed by atoms with Gasteiger partial charge >= 0.3 is 0 Å². The Morgan fingerprint density at radius 1 is 1.17 bits per heavy atom. The van der Waals surface area contributed by atoms with Crippen LogP contribution in [-0.4, -0.2) is 70.2 Å². The lowest BCUT2D eigenvalue weighted by Crippen LogP contribution is -2.37. The molecule has 1 saturated heterocycles. The monoisotopic (exact) mass is 334 g/mol. The van der Waals surface area contributed by atoms with Crippen LogP contribution in [0, 0.1) is 0 Å². The van der Waals surface area contributed by atoms with E-state index in [4.69, 9.17) is 4.74 Å². The molecule has 1 aromatic carbocycles. The van der Waals surface area contributed by atoms with Crippen molar-refractivity contribution in [2.24, 2.45) is 0 Å². The minimum absolute atomic E-state index is 0.176. The fraction of sp³-hybridized carbons (Fsp3) is 0.529. The molecule has 132 valence electrons. The summed E-state index contributed by atoms with van der Waals surface area (Å²) in [6, 6.07) is 7.63. The number of nitrogens with zero attached hydrogens (tertiary/aromatic N) is 2. The average molecular weight is 334 g/mol. The van der Waals surface area contributed by atoms with Gasteiger partial charge in [0.2, 0.25) is 11.8 Å². The molecule has 1 fully saturated rings. The molecular weight excluding hydrogens is 308 g/mol. The van der Waals surface area contributed by atoms with Crippen molar-refractivity contribution in [1.82, 2.24) is 10.2 Å². The highest BCUT2D eigenvalue weighted by molar-refractivity contribution is 6.04. The predicted octanol–water partition coefficient (Wildman–Crippen LogP) is 0.530. The molecule has 7 heteroatoms. The number of anilines is 2. The Bertz CT molecular complexity index is 557. The van der Waals surface area contributed by atoms with Crippen LogP contribution in [0.5, 0.6) is 0 Å². The van der Waals surface area contributed by atoms with Crippen LogP contribution in [-0.2, 0) is 14.3 Å². The van der Waals surface area contributed by atoms with Gasteiger partial charge in [-0.3, -0.25) is 9.59 Å². The maximum atomic E-state index is 12.1. The first-order chi connectivity index (χ1) is 11.6. The summed E-state index contributed by atoms with van der Waals surface area (Å²) >= 11 is 0. The van der Waals surface area contributed by atoms with Crippen molar-refractivity contribution in [1.29, 1.82) is 0 Å². The van der Waals surface area contributed by atoms with Gasteiger partial charge in [0.15, 0.2) is 0 Å². The molecule has 0 bridgehead atoms. The van der Waals surface area contributed by atoms with Crippen molar-refractivity contribution >= 4 is 23.2 Å². The number of carbonyl (C=O) groups is 2. The fourth-order valence-corrected chi connectivity index (χ4v) is 2.48. The van der Waals surface area contributed by atoms with Crippen LogP contribution in [0.15, 0.2) is 24.3 Å². The van der Waals surface area contributed by atoms with Crippen LogP contribution in [0.3, 0.4) is 0 Å². The second kappa shape index (κ2) is 9.24. The molecule has 1 aliphatic heterocycles. The number of morpholine rings is 1. The van der Waals surface area contributed by atoms with E-state index in [9.17, 15) is 9.59 Å². The quantitative estimate of drug-likeness (QED) is 0.712. The molecule has 1 aromatic rings. The number of benzene rings is 1. The summed E-state index contributed by atoms with van der Waals surface area (Å²) in [4.78, 5) is 28.1. The smallest absolute Gasteiger partial charge is 0.233 e. The number of rotatable bonds is 7. The first kappa shape index (κ1) is 18.2. The third-order valence-corrected chi connectivity index (χ3v) is 3.73. The fourth-order valence-electron chi connectivity index (χ4n) is 2.48. The second-order valence-electron chi connectivity index (χ2n) is 5.99. The first-order valence-corrected chi connectivity index (χ1v) is 8.19. The summed E-state index contributed by atoms with van der Waals surface area (Å²) in [6.45, 7) is 4.21. The molecule has 7 nitrogen and oxygen atoms in total. The Morgan fingerprint density at radius 2 is 1.88 bits per heavy atom. The molecule has 0 unspecified atom stereocenters. The lowest BCUT2D eigenvalue weighted by Gasteiger charge is -2.30. The van der Waals surface area contributed by atoms with Crippen molar-refractivity contribution < 1.29 is 14.3 Å². The van der Waals surface area contributed by atoms with E-state index in [2.05, 4.69) is 15.5 Å². The van der Waals surface area contributed by atoms with Crippen LogP contribution in [0.2, 0.25) is 0 Å². The molecule has 2 amide bonds. The van der Waals surface area contributed by atoms with Gasteiger partial charge in [-0.15, -0.1) is 0 Å². The Hall–Kier alpha value is -2.12. The Kier molecular flexibility index (Phi) is 7.02. The van der Waals surface area contributed by atoms with Gasteiger partial charge in [0.25, 0.3) is 0 Å². The summed E-state index contributed by atoms with van der Waals surface area (Å²) in [7, 11) is 3.86. The highest BCUT2D eigenvalue weighted by Gasteiger charge is 2.16. The van der Waals surface area contributed by atoms with Gasteiger partial charge in [-0.05, 0) is 26.2 Å². The molecular formula is C17H26N4O3. The Labute approximate surface area is 142 Å². The van der Waals surface area contributed by atoms with E-state index in [0.717, 1.165) is 31.0 Å². The van der Waals surface area contributed by atoms with E-state index in [1.807, 2.05) is 43.3 Å². The van der Waals surface area contributed by atoms with Gasteiger partial charge in [0.05, 0.1) is 24.6 Å². The molecule has 2 rings (SSSR count). The zero-order chi connectivity index (χ0) is 17.4. The first-order valence-electron chi connectivity index (χ1n) is 8.19. The maximum Gasteiger partial charge on any atom is 0.233 e. The number of likely N-dealkylation sites (N-methyl/N-ethyl adjacent to an activating group) is 1. The Morgan fingerprint density at radius 3 is 2.58 bits per heavy atom. The van der Waals surface area contributed by atoms with Crippen molar-refractivity contribution in [2.45, 2.75) is 6.42 Å². The summed E-state index contributed by atoms with van der Waals surface area (Å²) in [5.74, 6) is -0.573. The number of nitrogens with one attached hydrogen (secondary N) is 2. The molecule has 24 heavy (non-hydrogen) atoms. The minimum Gasteiger partial charge on any atom is -0.378 e. The third kappa shape index (κ3) is 5.82. The Balaban J connectivity index is 1.88. The summed E-state index contributed by atoms with van der Waals surface area (Å²) in [6.07, 6.45) is -0.176. The van der Waals surface area contributed by atoms with E-state index >= 15 is 0 Å². The molecule has 0 radical (unpaired) electrons. The molecule has 1 heterocycles. The van der Waals surface area contributed by atoms with Gasteiger partial charge in [0, 0.05) is 26.2 Å². The topological polar surface area (TPSA) is 73.9 Å². The third-order valence-electron chi connectivity index (χ3n) is 3.73. The van der Waals surface area contributed by atoms with Crippen LogP contribution in [0.1, 0.15) is 6.42 Å². The zero-order valence-corrected chi connectivity index (χ0v) is 14.4. The average Bonchev–Trinajstić information content (AvgIpc) is 2.55. The molecule has 1 aliphatic rings. The number of para-hydroxylation sites is 2. The highest BCUT2D eigenvalue weighted by atomic mass is 16.5. The number of amides is 2. The van der Waals surface area contributed by atoms with Crippen molar-refractivity contribution in [3.63, 3.8) is 0 Å². The van der Waals surface area contributed by atoms with Gasteiger partial charge < -0.3 is 25.2 Å². The van der Waals surface area contributed by atoms with Gasteiger partial charge in [0.1, 0.15) is 6.42 Å². The number of ether oxygens (including phenoxy) is 1. The molecule has 0 spiro atoms. The van der Waals surface area contributed by atoms with Gasteiger partial charge in [-0.2, -0.15) is 0 Å². The van der Waals surface area contributed by atoms with Crippen molar-refractivity contribution in [2.75, 3.05) is 63.7 Å². The SMILES string of the molecule is CN(C)CCNC(=O)CC(=O)Nc1ccccc1N1CCOCC1. The molecule has 0 atom stereocenters. The van der Waals surface area contributed by atoms with E-state index in [1.54, 1.807) is 0 Å². The molecule has 0 aromatic heterocycles. The van der Waals surface area contributed by atoms with Crippen LogP contribution in [0.4, 0.5) is 11.4 Å². The second-order valence-corrected chi connectivity index (χ2v) is 5.99. The molecule has 2 N–H and O–H groups in total. The van der Waals surface area contributed by atoms with Crippen molar-refractivity contribution in [3.05, 3.63) is 24.3 Å². The number of hydrogen-bond acceptors (Lipinski definition) is 5. The standard InChI is InChI=1S/C17H26N4O3/c1-20(2)8-7-18-16(22)13-17(23)19-14-5-3-4-6-15(14)21-9-11-24-12-10-21/h3-6H,7-13H2,1-2H3,(H,18,22)(H,19,23). The summed E-state index contributed by atoms with van der Waals surface area (Å²) < 4.78 is 5.36. The highest BCUT2D eigenvalue weighted by Crippen LogP contribution is 2.26. The largest absolute Gasteiger partial charge is 0.378 e. The number of hydrogen-bond donors (Lipinski definition) is 2. The normalized spacial score (nSPS) is 14.5. The molecule has 0 aliphatic carbocycles. The van der Waals surface area contributed by atoms with Gasteiger partial charge in [-0.25, -0.2) is 0 Å². The lowest BCUT2D eigenvalue weighted by atomic mass is 10.2. The van der Waals surface area contributed by atoms with Crippen LogP contribution < -0.4 is 15.5 Å². The number of carbonyl (C=O) groups excluding carboxylic acids is 2. The minimum atomic E-state index is -0.307. The van der Waals surface area contributed by atoms with Crippen LogP contribution in [0.25, 0.3) is 0 Å².